The van der Waals surface area contributed by atoms with Gasteiger partial charge in [-0.2, -0.15) is 18.3 Å². The predicted molar refractivity (Wildman–Crippen MR) is 73.0 cm³/mol. The molecule has 0 spiro atoms. The van der Waals surface area contributed by atoms with Crippen molar-refractivity contribution >= 4 is 29.4 Å². The second kappa shape index (κ2) is 6.06. The van der Waals surface area contributed by atoms with Crippen LogP contribution in [0.2, 0.25) is 5.02 Å². The highest BCUT2D eigenvalue weighted by atomic mass is 35.5. The Morgan fingerprint density at radius 3 is 2.64 bits per heavy atom. The molecular weight excluding hydrogens is 327 g/mol. The van der Waals surface area contributed by atoms with Crippen molar-refractivity contribution in [1.82, 2.24) is 0 Å². The van der Waals surface area contributed by atoms with Crippen LogP contribution in [0.25, 0.3) is 0 Å². The number of halogens is 4. The number of alkyl halides is 3. The number of hydrogen-bond donors (Lipinski definition) is 1. The monoisotopic (exact) mass is 333 g/mol. The van der Waals surface area contributed by atoms with Gasteiger partial charge in [-0.15, -0.1) is 0 Å². The maximum absolute atomic E-state index is 12.6. The summed E-state index contributed by atoms with van der Waals surface area (Å²) in [4.78, 5) is 9.69. The van der Waals surface area contributed by atoms with Gasteiger partial charge in [0.1, 0.15) is 4.92 Å². The average Bonchev–Trinajstić information content (AvgIpc) is 2.88. The molecule has 0 aliphatic carbocycles. The van der Waals surface area contributed by atoms with E-state index in [4.69, 9.17) is 16.0 Å². The summed E-state index contributed by atoms with van der Waals surface area (Å²) in [7, 11) is 0. The van der Waals surface area contributed by atoms with Crippen LogP contribution in [0.4, 0.5) is 24.7 Å². The molecule has 1 aromatic carbocycles. The standard InChI is InChI=1S/C12H7ClF3N3O3/c13-9-3-1-7(12(14,15)16)5-10(9)18-17-6-8-2-4-11(22-8)19(20)21/h1-6,18H/b17-6+. The molecule has 0 unspecified atom stereocenters. The Kier molecular flexibility index (Phi) is 4.36. The lowest BCUT2D eigenvalue weighted by atomic mass is 10.2. The van der Waals surface area contributed by atoms with Gasteiger partial charge in [0.05, 0.1) is 28.6 Å². The van der Waals surface area contributed by atoms with E-state index in [1.165, 1.54) is 6.07 Å². The Morgan fingerprint density at radius 1 is 1.32 bits per heavy atom. The normalized spacial score (nSPS) is 11.8. The highest BCUT2D eigenvalue weighted by Crippen LogP contribution is 2.33. The predicted octanol–water partition coefficient (Wildman–Crippen LogP) is 4.31. The second-order valence-electron chi connectivity index (χ2n) is 4.00. The molecule has 0 aliphatic heterocycles. The zero-order valence-electron chi connectivity index (χ0n) is 10.6. The first-order chi connectivity index (χ1) is 10.3. The summed E-state index contributed by atoms with van der Waals surface area (Å²) in [5.74, 6) is -0.416. The van der Waals surface area contributed by atoms with Crippen molar-refractivity contribution < 1.29 is 22.5 Å². The topological polar surface area (TPSA) is 80.7 Å². The van der Waals surface area contributed by atoms with Crippen LogP contribution in [0, 0.1) is 10.1 Å². The van der Waals surface area contributed by atoms with Crippen molar-refractivity contribution in [2.75, 3.05) is 5.43 Å². The van der Waals surface area contributed by atoms with Gasteiger partial charge in [0, 0.05) is 0 Å². The fourth-order valence-corrected chi connectivity index (χ4v) is 1.62. The quantitative estimate of drug-likeness (QED) is 0.513. The largest absolute Gasteiger partial charge is 0.433 e. The van der Waals surface area contributed by atoms with Gasteiger partial charge < -0.3 is 4.42 Å². The molecular formula is C12H7ClF3N3O3. The van der Waals surface area contributed by atoms with Crippen LogP contribution in [0.15, 0.2) is 39.9 Å². The number of anilines is 1. The summed E-state index contributed by atoms with van der Waals surface area (Å²) < 4.78 is 42.5. The molecule has 1 aromatic heterocycles. The van der Waals surface area contributed by atoms with Crippen LogP contribution in [-0.2, 0) is 6.18 Å². The zero-order chi connectivity index (χ0) is 16.3. The first-order valence-electron chi connectivity index (χ1n) is 5.67. The Bertz CT molecular complexity index is 728. The van der Waals surface area contributed by atoms with E-state index in [1.807, 2.05) is 0 Å². The molecule has 0 radical (unpaired) electrons. The lowest BCUT2D eigenvalue weighted by Crippen LogP contribution is -2.05. The SMILES string of the molecule is O=[N+]([O-])c1ccc(/C=N/Nc2cc(C(F)(F)F)ccc2Cl)o1. The summed E-state index contributed by atoms with van der Waals surface area (Å²) in [6.07, 6.45) is -3.43. The van der Waals surface area contributed by atoms with Crippen molar-refractivity contribution in [2.45, 2.75) is 6.18 Å². The van der Waals surface area contributed by atoms with Crippen molar-refractivity contribution in [1.29, 1.82) is 0 Å². The summed E-state index contributed by atoms with van der Waals surface area (Å²) in [6, 6.07) is 5.13. The fourth-order valence-electron chi connectivity index (χ4n) is 1.46. The van der Waals surface area contributed by atoms with Gasteiger partial charge in [0.25, 0.3) is 0 Å². The molecule has 0 saturated heterocycles. The molecule has 0 saturated carbocycles. The number of furan rings is 1. The molecule has 2 aromatic rings. The Balaban J connectivity index is 2.13. The van der Waals surface area contributed by atoms with Crippen molar-refractivity contribution in [3.63, 3.8) is 0 Å². The number of nitro groups is 1. The summed E-state index contributed by atoms with van der Waals surface area (Å²) in [5, 5.41) is 14.1. The van der Waals surface area contributed by atoms with E-state index in [1.54, 1.807) is 0 Å². The lowest BCUT2D eigenvalue weighted by Gasteiger charge is -2.09. The van der Waals surface area contributed by atoms with Gasteiger partial charge in [-0.1, -0.05) is 11.6 Å². The molecule has 1 N–H and O–H groups in total. The minimum atomic E-state index is -4.51. The zero-order valence-corrected chi connectivity index (χ0v) is 11.4. The van der Waals surface area contributed by atoms with Gasteiger partial charge in [-0.05, 0) is 24.3 Å². The Hall–Kier alpha value is -2.55. The van der Waals surface area contributed by atoms with Gasteiger partial charge in [-0.25, -0.2) is 0 Å². The number of rotatable bonds is 4. The smallest absolute Gasteiger partial charge is 0.400 e. The van der Waals surface area contributed by atoms with Gasteiger partial charge >= 0.3 is 12.1 Å². The molecule has 0 amide bonds. The summed E-state index contributed by atoms with van der Waals surface area (Å²) in [5.41, 5.74) is 1.37. The van der Waals surface area contributed by atoms with E-state index in [0.717, 1.165) is 30.5 Å². The van der Waals surface area contributed by atoms with Gasteiger partial charge in [0.15, 0.2) is 5.76 Å². The molecule has 10 heteroatoms. The molecule has 0 bridgehead atoms. The summed E-state index contributed by atoms with van der Waals surface area (Å²) in [6.45, 7) is 0. The third-order valence-corrected chi connectivity index (χ3v) is 2.79. The van der Waals surface area contributed by atoms with E-state index in [9.17, 15) is 23.3 Å². The van der Waals surface area contributed by atoms with Crippen LogP contribution in [-0.4, -0.2) is 11.1 Å². The number of benzene rings is 1. The van der Waals surface area contributed by atoms with Crippen LogP contribution in [0.1, 0.15) is 11.3 Å². The number of nitrogens with one attached hydrogen (secondary N) is 1. The first kappa shape index (κ1) is 15.8. The number of hydrazone groups is 1. The molecule has 2 rings (SSSR count). The molecule has 0 atom stereocenters. The molecule has 116 valence electrons. The molecule has 0 aliphatic rings. The lowest BCUT2D eigenvalue weighted by molar-refractivity contribution is -0.402. The van der Waals surface area contributed by atoms with E-state index in [2.05, 4.69) is 10.5 Å². The Morgan fingerprint density at radius 2 is 2.05 bits per heavy atom. The van der Waals surface area contributed by atoms with E-state index in [-0.39, 0.29) is 16.5 Å². The summed E-state index contributed by atoms with van der Waals surface area (Å²) >= 11 is 5.76. The Labute approximate surface area is 126 Å². The van der Waals surface area contributed by atoms with E-state index < -0.39 is 22.5 Å². The van der Waals surface area contributed by atoms with Crippen LogP contribution in [0.3, 0.4) is 0 Å². The third kappa shape index (κ3) is 3.76. The van der Waals surface area contributed by atoms with E-state index in [0.29, 0.717) is 0 Å². The molecule has 6 nitrogen and oxygen atoms in total. The molecule has 0 fully saturated rings. The van der Waals surface area contributed by atoms with Crippen molar-refractivity contribution in [3.05, 3.63) is 56.8 Å². The van der Waals surface area contributed by atoms with Crippen LogP contribution >= 0.6 is 11.6 Å². The second-order valence-corrected chi connectivity index (χ2v) is 4.40. The fraction of sp³-hybridized carbons (Fsp3) is 0.0833. The average molecular weight is 334 g/mol. The van der Waals surface area contributed by atoms with Crippen molar-refractivity contribution in [2.24, 2.45) is 5.10 Å². The van der Waals surface area contributed by atoms with Gasteiger partial charge in [-0.3, -0.25) is 15.5 Å². The maximum atomic E-state index is 12.6. The number of nitrogens with zero attached hydrogens (tertiary/aromatic N) is 2. The minimum absolute atomic E-state index is 0.0376. The van der Waals surface area contributed by atoms with E-state index >= 15 is 0 Å². The van der Waals surface area contributed by atoms with Crippen LogP contribution in [0.5, 0.6) is 0 Å². The minimum Gasteiger partial charge on any atom is -0.400 e. The first-order valence-corrected chi connectivity index (χ1v) is 6.05. The number of hydrogen-bond acceptors (Lipinski definition) is 5. The maximum Gasteiger partial charge on any atom is 0.433 e. The van der Waals surface area contributed by atoms with Crippen LogP contribution < -0.4 is 5.43 Å². The molecule has 22 heavy (non-hydrogen) atoms. The van der Waals surface area contributed by atoms with Gasteiger partial charge in [0.2, 0.25) is 0 Å². The highest BCUT2D eigenvalue weighted by Gasteiger charge is 2.30. The third-order valence-electron chi connectivity index (χ3n) is 2.46. The van der Waals surface area contributed by atoms with Crippen molar-refractivity contribution in [3.8, 4) is 0 Å². The molecule has 1 heterocycles. The highest BCUT2D eigenvalue weighted by molar-refractivity contribution is 6.33.